The van der Waals surface area contributed by atoms with Gasteiger partial charge in [0.05, 0.1) is 24.9 Å². The van der Waals surface area contributed by atoms with E-state index in [-0.39, 0.29) is 23.0 Å². The summed E-state index contributed by atoms with van der Waals surface area (Å²) in [7, 11) is 2.76. The molecule has 5 nitrogen and oxygen atoms in total. The third-order valence-electron chi connectivity index (χ3n) is 2.75. The summed E-state index contributed by atoms with van der Waals surface area (Å²) >= 11 is 5.94. The predicted molar refractivity (Wildman–Crippen MR) is 76.9 cm³/mol. The van der Waals surface area contributed by atoms with Gasteiger partial charge in [-0.05, 0) is 13.0 Å². The normalized spacial score (nSPS) is 11.0. The van der Waals surface area contributed by atoms with Gasteiger partial charge in [0, 0.05) is 12.6 Å². The number of urea groups is 1. The van der Waals surface area contributed by atoms with E-state index in [9.17, 15) is 18.0 Å². The molecule has 0 aliphatic heterocycles. The molecule has 9 heteroatoms. The zero-order valence-corrected chi connectivity index (χ0v) is 13.0. The topological polar surface area (TPSA) is 50.8 Å². The second-order valence-corrected chi connectivity index (χ2v) is 4.65. The fraction of sp³-hybridized carbons (Fsp3) is 0.462. The van der Waals surface area contributed by atoms with Crippen molar-refractivity contribution in [2.24, 2.45) is 0 Å². The Morgan fingerprint density at radius 1 is 1.27 bits per heavy atom. The molecule has 0 fully saturated rings. The van der Waals surface area contributed by atoms with Crippen molar-refractivity contribution in [3.8, 4) is 11.5 Å². The molecule has 0 aliphatic carbocycles. The van der Waals surface area contributed by atoms with Crippen LogP contribution in [0.5, 0.6) is 11.5 Å². The fourth-order valence-electron chi connectivity index (χ4n) is 1.70. The van der Waals surface area contributed by atoms with Gasteiger partial charge in [-0.25, -0.2) is 4.79 Å². The van der Waals surface area contributed by atoms with Gasteiger partial charge in [0.25, 0.3) is 0 Å². The van der Waals surface area contributed by atoms with E-state index < -0.39 is 18.8 Å². The van der Waals surface area contributed by atoms with Crippen LogP contribution in [0.15, 0.2) is 12.1 Å². The number of nitrogens with one attached hydrogen (secondary N) is 1. The highest BCUT2D eigenvalue weighted by atomic mass is 35.5. The Kier molecular flexibility index (Phi) is 6.16. The minimum Gasteiger partial charge on any atom is -0.495 e. The molecule has 0 aliphatic rings. The first kappa shape index (κ1) is 18.2. The van der Waals surface area contributed by atoms with Crippen molar-refractivity contribution in [2.45, 2.75) is 13.1 Å². The number of anilines is 1. The van der Waals surface area contributed by atoms with Crippen molar-refractivity contribution in [1.29, 1.82) is 0 Å². The summed E-state index contributed by atoms with van der Waals surface area (Å²) in [6.45, 7) is 0.00261. The van der Waals surface area contributed by atoms with E-state index in [1.54, 1.807) is 0 Å². The van der Waals surface area contributed by atoms with Crippen LogP contribution in [0.3, 0.4) is 0 Å². The van der Waals surface area contributed by atoms with Crippen LogP contribution in [0.4, 0.5) is 23.7 Å². The highest BCUT2D eigenvalue weighted by Crippen LogP contribution is 2.36. The smallest absolute Gasteiger partial charge is 0.406 e. The number of carbonyl (C=O) groups is 1. The first-order valence-electron chi connectivity index (χ1n) is 6.26. The van der Waals surface area contributed by atoms with Gasteiger partial charge in [-0.2, -0.15) is 13.2 Å². The lowest BCUT2D eigenvalue weighted by molar-refractivity contribution is -0.139. The lowest BCUT2D eigenvalue weighted by Crippen LogP contribution is -2.41. The summed E-state index contributed by atoms with van der Waals surface area (Å²) < 4.78 is 47.3. The molecule has 1 N–H and O–H groups in total. The highest BCUT2D eigenvalue weighted by Gasteiger charge is 2.32. The molecule has 0 bridgehead atoms. The molecule has 1 rings (SSSR count). The Bertz CT molecular complexity index is 538. The number of halogens is 4. The van der Waals surface area contributed by atoms with Crippen LogP contribution in [0, 0.1) is 0 Å². The standard InChI is InChI=1S/C13H16ClF3N2O3/c1-4-19(7-13(15,16)17)12(20)18-9-5-8(14)10(21-2)6-11(9)22-3/h5-6H,4,7H2,1-3H3,(H,18,20). The Morgan fingerprint density at radius 3 is 2.32 bits per heavy atom. The summed E-state index contributed by atoms with van der Waals surface area (Å²) in [5.74, 6) is 0.539. The molecule has 0 unspecified atom stereocenters. The average molecular weight is 341 g/mol. The molecule has 1 aromatic carbocycles. The molecule has 0 spiro atoms. The molecule has 124 valence electrons. The first-order chi connectivity index (χ1) is 10.2. The maximum Gasteiger partial charge on any atom is 0.406 e. The van der Waals surface area contributed by atoms with Crippen molar-refractivity contribution in [3.05, 3.63) is 17.2 Å². The lowest BCUT2D eigenvalue weighted by atomic mass is 10.2. The van der Waals surface area contributed by atoms with E-state index in [4.69, 9.17) is 21.1 Å². The number of amides is 2. The van der Waals surface area contributed by atoms with Gasteiger partial charge in [-0.1, -0.05) is 11.6 Å². The number of methoxy groups -OCH3 is 2. The predicted octanol–water partition coefficient (Wildman–Crippen LogP) is 3.77. The SMILES string of the molecule is CCN(CC(F)(F)F)C(=O)Nc1cc(Cl)c(OC)cc1OC. The van der Waals surface area contributed by atoms with E-state index in [1.165, 1.54) is 33.3 Å². The van der Waals surface area contributed by atoms with Crippen LogP contribution in [-0.2, 0) is 0 Å². The average Bonchev–Trinajstić information content (AvgIpc) is 2.44. The van der Waals surface area contributed by atoms with E-state index in [0.29, 0.717) is 10.6 Å². The number of carbonyl (C=O) groups excluding carboxylic acids is 1. The summed E-state index contributed by atoms with van der Waals surface area (Å²) in [6, 6.07) is 1.87. The second kappa shape index (κ2) is 7.44. The van der Waals surface area contributed by atoms with Gasteiger partial charge in [-0.15, -0.1) is 0 Å². The van der Waals surface area contributed by atoms with Gasteiger partial charge in [-0.3, -0.25) is 0 Å². The maximum atomic E-state index is 12.4. The highest BCUT2D eigenvalue weighted by molar-refractivity contribution is 6.32. The number of hydrogen-bond acceptors (Lipinski definition) is 3. The zero-order chi connectivity index (χ0) is 16.9. The number of ether oxygens (including phenoxy) is 2. The molecular formula is C13H16ClF3N2O3. The molecule has 0 radical (unpaired) electrons. The number of alkyl halides is 3. The Hall–Kier alpha value is -1.83. The zero-order valence-electron chi connectivity index (χ0n) is 12.3. The third-order valence-corrected chi connectivity index (χ3v) is 3.05. The van der Waals surface area contributed by atoms with Gasteiger partial charge >= 0.3 is 12.2 Å². The van der Waals surface area contributed by atoms with E-state index in [0.717, 1.165) is 0 Å². The van der Waals surface area contributed by atoms with Gasteiger partial charge in [0.2, 0.25) is 0 Å². The van der Waals surface area contributed by atoms with E-state index >= 15 is 0 Å². The molecule has 22 heavy (non-hydrogen) atoms. The van der Waals surface area contributed by atoms with Crippen LogP contribution < -0.4 is 14.8 Å². The van der Waals surface area contributed by atoms with Crippen molar-refractivity contribution in [2.75, 3.05) is 32.6 Å². The quantitative estimate of drug-likeness (QED) is 0.887. The molecular weight excluding hydrogens is 325 g/mol. The Labute approximate surface area is 130 Å². The van der Waals surface area contributed by atoms with E-state index in [2.05, 4.69) is 5.32 Å². The monoisotopic (exact) mass is 340 g/mol. The fourth-order valence-corrected chi connectivity index (χ4v) is 1.94. The van der Waals surface area contributed by atoms with E-state index in [1.807, 2.05) is 0 Å². The Morgan fingerprint density at radius 2 is 1.86 bits per heavy atom. The second-order valence-electron chi connectivity index (χ2n) is 4.25. The molecule has 0 saturated carbocycles. The molecule has 0 saturated heterocycles. The third kappa shape index (κ3) is 4.87. The molecule has 0 aromatic heterocycles. The minimum absolute atomic E-state index is 0.0997. The van der Waals surface area contributed by atoms with Gasteiger partial charge in [0.1, 0.15) is 18.0 Å². The number of benzene rings is 1. The number of hydrogen-bond donors (Lipinski definition) is 1. The van der Waals surface area contributed by atoms with Crippen molar-refractivity contribution in [3.63, 3.8) is 0 Å². The first-order valence-corrected chi connectivity index (χ1v) is 6.63. The van der Waals surface area contributed by atoms with Crippen molar-refractivity contribution in [1.82, 2.24) is 4.90 Å². The summed E-state index contributed by atoms with van der Waals surface area (Å²) in [5, 5.41) is 2.54. The van der Waals surface area contributed by atoms with Crippen molar-refractivity contribution < 1.29 is 27.4 Å². The van der Waals surface area contributed by atoms with Crippen LogP contribution in [0.1, 0.15) is 6.92 Å². The largest absolute Gasteiger partial charge is 0.495 e. The number of nitrogens with zero attached hydrogens (tertiary/aromatic N) is 1. The van der Waals surface area contributed by atoms with Crippen LogP contribution >= 0.6 is 11.6 Å². The summed E-state index contributed by atoms with van der Waals surface area (Å²) in [4.78, 5) is 12.6. The number of rotatable bonds is 5. The summed E-state index contributed by atoms with van der Waals surface area (Å²) in [5.41, 5.74) is 0.152. The van der Waals surface area contributed by atoms with Gasteiger partial charge < -0.3 is 19.7 Å². The van der Waals surface area contributed by atoms with Crippen LogP contribution in [0.2, 0.25) is 5.02 Å². The molecule has 1 aromatic rings. The maximum absolute atomic E-state index is 12.4. The van der Waals surface area contributed by atoms with Crippen LogP contribution in [-0.4, -0.2) is 44.4 Å². The van der Waals surface area contributed by atoms with Gasteiger partial charge in [0.15, 0.2) is 0 Å². The molecule has 2 amide bonds. The molecule has 0 atom stereocenters. The van der Waals surface area contributed by atoms with Crippen LogP contribution in [0.25, 0.3) is 0 Å². The molecule has 0 heterocycles. The van der Waals surface area contributed by atoms with Crippen molar-refractivity contribution >= 4 is 23.3 Å². The summed E-state index contributed by atoms with van der Waals surface area (Å²) in [6.07, 6.45) is -4.48. The Balaban J connectivity index is 2.97. The lowest BCUT2D eigenvalue weighted by Gasteiger charge is -2.23. The minimum atomic E-state index is -4.48.